The van der Waals surface area contributed by atoms with E-state index in [0.717, 1.165) is 11.1 Å². The second-order valence-electron chi connectivity index (χ2n) is 4.92. The fourth-order valence-corrected chi connectivity index (χ4v) is 3.04. The molecule has 0 bridgehead atoms. The molecule has 0 saturated carbocycles. The van der Waals surface area contributed by atoms with Gasteiger partial charge in [0, 0.05) is 23.5 Å². The summed E-state index contributed by atoms with van der Waals surface area (Å²) >= 11 is 18.1. The lowest BCUT2D eigenvalue weighted by molar-refractivity contribution is 0.629. The maximum Gasteiger partial charge on any atom is 0.186 e. The summed E-state index contributed by atoms with van der Waals surface area (Å²) in [5.74, 6) is 0.643. The quantitative estimate of drug-likeness (QED) is 0.583. The zero-order valence-electron chi connectivity index (χ0n) is 12.0. The van der Waals surface area contributed by atoms with Crippen LogP contribution in [-0.2, 0) is 12.9 Å². The summed E-state index contributed by atoms with van der Waals surface area (Å²) in [5, 5.41) is 5.07. The van der Waals surface area contributed by atoms with E-state index in [0.29, 0.717) is 16.7 Å². The van der Waals surface area contributed by atoms with E-state index >= 15 is 0 Å². The van der Waals surface area contributed by atoms with Crippen molar-refractivity contribution >= 4 is 34.8 Å². The number of rotatable bonds is 3. The number of halogens is 4. The van der Waals surface area contributed by atoms with E-state index in [1.165, 1.54) is 12.1 Å². The summed E-state index contributed by atoms with van der Waals surface area (Å²) < 4.78 is 15.6. The third kappa shape index (κ3) is 3.07. The van der Waals surface area contributed by atoms with Crippen molar-refractivity contribution in [2.45, 2.75) is 5.88 Å². The summed E-state index contributed by atoms with van der Waals surface area (Å²) in [7, 11) is 1.73. The van der Waals surface area contributed by atoms with Crippen molar-refractivity contribution in [1.29, 1.82) is 0 Å². The van der Waals surface area contributed by atoms with Gasteiger partial charge in [-0.15, -0.1) is 11.6 Å². The Morgan fingerprint density at radius 1 is 1.13 bits per heavy atom. The Bertz CT molecular complexity index is 857. The van der Waals surface area contributed by atoms with E-state index in [1.807, 2.05) is 12.1 Å². The van der Waals surface area contributed by atoms with Gasteiger partial charge in [-0.05, 0) is 23.8 Å². The van der Waals surface area contributed by atoms with E-state index in [9.17, 15) is 4.39 Å². The molecule has 0 N–H and O–H groups in total. The zero-order chi connectivity index (χ0) is 16.6. The molecule has 0 amide bonds. The Morgan fingerprint density at radius 3 is 2.57 bits per heavy atom. The lowest BCUT2D eigenvalue weighted by atomic mass is 10.1. The highest BCUT2D eigenvalue weighted by Gasteiger charge is 2.17. The van der Waals surface area contributed by atoms with E-state index in [4.69, 9.17) is 34.8 Å². The van der Waals surface area contributed by atoms with Crippen LogP contribution in [0.2, 0.25) is 10.0 Å². The number of benzene rings is 2. The Morgan fingerprint density at radius 2 is 1.91 bits per heavy atom. The second kappa shape index (κ2) is 6.48. The van der Waals surface area contributed by atoms with Crippen molar-refractivity contribution in [1.82, 2.24) is 14.8 Å². The minimum absolute atomic E-state index is 0.180. The lowest BCUT2D eigenvalue weighted by Gasteiger charge is -2.04. The van der Waals surface area contributed by atoms with Crippen molar-refractivity contribution in [3.63, 3.8) is 0 Å². The number of alkyl halides is 1. The van der Waals surface area contributed by atoms with Gasteiger partial charge in [0.25, 0.3) is 0 Å². The van der Waals surface area contributed by atoms with Crippen LogP contribution in [0.1, 0.15) is 5.56 Å². The highest BCUT2D eigenvalue weighted by atomic mass is 35.5. The first-order chi connectivity index (χ1) is 11.0. The molecule has 7 heteroatoms. The van der Waals surface area contributed by atoms with Crippen LogP contribution in [0.3, 0.4) is 0 Å². The molecule has 0 unspecified atom stereocenters. The SMILES string of the molecule is Cn1nc(-c2c(F)cccc2Cl)nc1-c1ccc(CCl)c(Cl)c1. The molecule has 0 saturated heterocycles. The molecular formula is C16H11Cl3FN3. The van der Waals surface area contributed by atoms with Crippen molar-refractivity contribution in [3.05, 3.63) is 57.8 Å². The number of aryl methyl sites for hydroxylation is 1. The summed E-state index contributed by atoms with van der Waals surface area (Å²) in [6, 6.07) is 9.90. The Labute approximate surface area is 147 Å². The van der Waals surface area contributed by atoms with Gasteiger partial charge >= 0.3 is 0 Å². The van der Waals surface area contributed by atoms with E-state index < -0.39 is 5.82 Å². The monoisotopic (exact) mass is 369 g/mol. The van der Waals surface area contributed by atoms with Crippen molar-refractivity contribution < 1.29 is 4.39 Å². The molecule has 0 aliphatic carbocycles. The molecule has 23 heavy (non-hydrogen) atoms. The molecule has 0 aliphatic heterocycles. The molecule has 0 radical (unpaired) electrons. The fourth-order valence-electron chi connectivity index (χ4n) is 2.25. The second-order valence-corrected chi connectivity index (χ2v) is 6.00. The van der Waals surface area contributed by atoms with E-state index in [1.54, 1.807) is 23.9 Å². The fraction of sp³-hybridized carbons (Fsp3) is 0.125. The predicted molar refractivity (Wildman–Crippen MR) is 91.4 cm³/mol. The van der Waals surface area contributed by atoms with Crippen LogP contribution in [-0.4, -0.2) is 14.8 Å². The van der Waals surface area contributed by atoms with E-state index in [2.05, 4.69) is 10.1 Å². The summed E-state index contributed by atoms with van der Waals surface area (Å²) in [4.78, 5) is 4.40. The number of nitrogens with zero attached hydrogens (tertiary/aromatic N) is 3. The number of hydrogen-bond donors (Lipinski definition) is 0. The molecule has 3 nitrogen and oxygen atoms in total. The van der Waals surface area contributed by atoms with Crippen molar-refractivity contribution in [3.8, 4) is 22.8 Å². The highest BCUT2D eigenvalue weighted by molar-refractivity contribution is 6.33. The topological polar surface area (TPSA) is 30.7 Å². The first kappa shape index (κ1) is 16.2. The molecule has 0 fully saturated rings. The van der Waals surface area contributed by atoms with Crippen LogP contribution in [0.4, 0.5) is 4.39 Å². The van der Waals surface area contributed by atoms with Crippen LogP contribution in [0, 0.1) is 5.82 Å². The van der Waals surface area contributed by atoms with Crippen LogP contribution >= 0.6 is 34.8 Å². The molecule has 1 heterocycles. The van der Waals surface area contributed by atoms with Crippen LogP contribution < -0.4 is 0 Å². The largest absolute Gasteiger partial charge is 0.248 e. The molecule has 2 aromatic carbocycles. The van der Waals surface area contributed by atoms with Crippen LogP contribution in [0.25, 0.3) is 22.8 Å². The van der Waals surface area contributed by atoms with E-state index in [-0.39, 0.29) is 16.4 Å². The first-order valence-electron chi connectivity index (χ1n) is 6.71. The number of aromatic nitrogens is 3. The summed E-state index contributed by atoms with van der Waals surface area (Å²) in [6.07, 6.45) is 0. The average Bonchev–Trinajstić information content (AvgIpc) is 2.88. The molecule has 0 spiro atoms. The van der Waals surface area contributed by atoms with Crippen molar-refractivity contribution in [2.24, 2.45) is 7.05 Å². The number of hydrogen-bond acceptors (Lipinski definition) is 2. The lowest BCUT2D eigenvalue weighted by Crippen LogP contribution is -1.95. The van der Waals surface area contributed by atoms with Gasteiger partial charge in [-0.1, -0.05) is 41.4 Å². The van der Waals surface area contributed by atoms with Gasteiger partial charge in [0.2, 0.25) is 0 Å². The van der Waals surface area contributed by atoms with Gasteiger partial charge in [-0.25, -0.2) is 14.1 Å². The van der Waals surface area contributed by atoms with Gasteiger partial charge in [0.1, 0.15) is 5.82 Å². The Kier molecular flexibility index (Phi) is 4.57. The van der Waals surface area contributed by atoms with Crippen molar-refractivity contribution in [2.75, 3.05) is 0 Å². The van der Waals surface area contributed by atoms with Gasteiger partial charge in [-0.3, -0.25) is 0 Å². The average molecular weight is 371 g/mol. The third-order valence-corrected chi connectivity index (χ3v) is 4.36. The van der Waals surface area contributed by atoms with Gasteiger partial charge in [-0.2, -0.15) is 5.10 Å². The molecule has 1 aromatic heterocycles. The molecule has 0 aliphatic rings. The molecule has 0 atom stereocenters. The molecular weight excluding hydrogens is 360 g/mol. The first-order valence-corrected chi connectivity index (χ1v) is 8.00. The minimum Gasteiger partial charge on any atom is -0.248 e. The Hall–Kier alpha value is -1.62. The third-order valence-electron chi connectivity index (χ3n) is 3.40. The van der Waals surface area contributed by atoms with Gasteiger partial charge in [0.05, 0.1) is 10.6 Å². The molecule has 118 valence electrons. The molecule has 3 aromatic rings. The molecule has 3 rings (SSSR count). The predicted octanol–water partition coefficient (Wildman–Crippen LogP) is 5.33. The van der Waals surface area contributed by atoms with Gasteiger partial charge < -0.3 is 0 Å². The van der Waals surface area contributed by atoms with Crippen LogP contribution in [0.5, 0.6) is 0 Å². The zero-order valence-corrected chi connectivity index (χ0v) is 14.3. The maximum absolute atomic E-state index is 14.0. The highest BCUT2D eigenvalue weighted by Crippen LogP contribution is 2.31. The Balaban J connectivity index is 2.10. The maximum atomic E-state index is 14.0. The summed E-state index contributed by atoms with van der Waals surface area (Å²) in [5.41, 5.74) is 1.77. The summed E-state index contributed by atoms with van der Waals surface area (Å²) in [6.45, 7) is 0. The normalized spacial score (nSPS) is 11.0. The van der Waals surface area contributed by atoms with Gasteiger partial charge in [0.15, 0.2) is 11.6 Å². The van der Waals surface area contributed by atoms with Crippen LogP contribution in [0.15, 0.2) is 36.4 Å². The smallest absolute Gasteiger partial charge is 0.186 e. The standard InChI is InChI=1S/C16H11Cl3FN3/c1-23-16(9-5-6-10(8-17)12(19)7-9)21-15(22-23)14-11(18)3-2-4-13(14)20/h2-7H,8H2,1H3. The minimum atomic E-state index is -0.467.